The van der Waals surface area contributed by atoms with Gasteiger partial charge in [0.05, 0.1) is 31.0 Å². The molecule has 1 amide bonds. The van der Waals surface area contributed by atoms with Crippen LogP contribution in [0.15, 0.2) is 66.7 Å². The van der Waals surface area contributed by atoms with Crippen molar-refractivity contribution in [3.8, 4) is 11.5 Å². The third kappa shape index (κ3) is 3.81. The molecule has 0 aromatic heterocycles. The monoisotopic (exact) mass is 422 g/mol. The number of hydrogen-bond acceptors (Lipinski definition) is 4. The number of benzene rings is 3. The van der Waals surface area contributed by atoms with E-state index in [0.717, 1.165) is 23.4 Å². The van der Waals surface area contributed by atoms with Crippen LogP contribution in [-0.2, 0) is 0 Å². The van der Waals surface area contributed by atoms with Gasteiger partial charge in [-0.3, -0.25) is 4.79 Å². The van der Waals surface area contributed by atoms with Crippen LogP contribution < -0.4 is 19.7 Å². The Bertz CT molecular complexity index is 1070. The molecule has 0 aliphatic carbocycles. The highest BCUT2D eigenvalue weighted by atomic mass is 35.5. The van der Waals surface area contributed by atoms with Gasteiger partial charge in [-0.2, -0.15) is 0 Å². The van der Waals surface area contributed by atoms with Gasteiger partial charge in [0.1, 0.15) is 0 Å². The fraction of sp³-hybridized carbons (Fsp3) is 0.208. The number of anilines is 2. The quantitative estimate of drug-likeness (QED) is 0.584. The Morgan fingerprint density at radius 2 is 1.73 bits per heavy atom. The van der Waals surface area contributed by atoms with E-state index >= 15 is 0 Å². The smallest absolute Gasteiger partial charge is 0.258 e. The van der Waals surface area contributed by atoms with Crippen molar-refractivity contribution < 1.29 is 14.3 Å². The Balaban J connectivity index is 1.64. The minimum absolute atomic E-state index is 0.0653. The number of rotatable bonds is 5. The molecule has 0 saturated heterocycles. The fourth-order valence-electron chi connectivity index (χ4n) is 3.81. The molecule has 1 N–H and O–H groups in total. The number of hydrogen-bond donors (Lipinski definition) is 1. The number of methoxy groups -OCH3 is 2. The lowest BCUT2D eigenvalue weighted by molar-refractivity contribution is 0.0984. The van der Waals surface area contributed by atoms with Crippen molar-refractivity contribution in [2.45, 2.75) is 12.5 Å². The third-order valence-corrected chi connectivity index (χ3v) is 5.65. The van der Waals surface area contributed by atoms with Gasteiger partial charge >= 0.3 is 0 Å². The molecular weight excluding hydrogens is 400 g/mol. The number of fused-ring (bicyclic) bond motifs is 1. The summed E-state index contributed by atoms with van der Waals surface area (Å²) in [5.74, 6) is 1.06. The summed E-state index contributed by atoms with van der Waals surface area (Å²) in [6, 6.07) is 21.0. The van der Waals surface area contributed by atoms with E-state index in [1.54, 1.807) is 32.4 Å². The molecule has 1 aliphatic rings. The fourth-order valence-corrected chi connectivity index (χ4v) is 4.00. The van der Waals surface area contributed by atoms with Crippen LogP contribution in [-0.4, -0.2) is 26.7 Å². The summed E-state index contributed by atoms with van der Waals surface area (Å²) in [7, 11) is 3.14. The molecule has 1 aliphatic heterocycles. The number of nitrogens with one attached hydrogen (secondary N) is 1. The summed E-state index contributed by atoms with van der Waals surface area (Å²) in [5.41, 5.74) is 3.41. The van der Waals surface area contributed by atoms with E-state index in [0.29, 0.717) is 28.6 Å². The molecule has 5 nitrogen and oxygen atoms in total. The number of carbonyl (C=O) groups is 1. The van der Waals surface area contributed by atoms with Gasteiger partial charge in [-0.05, 0) is 48.4 Å². The van der Waals surface area contributed by atoms with Crippen molar-refractivity contribution in [2.24, 2.45) is 0 Å². The van der Waals surface area contributed by atoms with Crippen LogP contribution in [0.1, 0.15) is 28.4 Å². The van der Waals surface area contributed by atoms with Crippen molar-refractivity contribution in [2.75, 3.05) is 31.0 Å². The van der Waals surface area contributed by atoms with Gasteiger partial charge in [0.2, 0.25) is 0 Å². The molecular formula is C24H23ClN2O3. The van der Waals surface area contributed by atoms with Crippen LogP contribution >= 0.6 is 11.6 Å². The summed E-state index contributed by atoms with van der Waals surface area (Å²) in [5, 5.41) is 4.21. The van der Waals surface area contributed by atoms with E-state index in [-0.39, 0.29) is 11.9 Å². The Morgan fingerprint density at radius 1 is 1.00 bits per heavy atom. The van der Waals surface area contributed by atoms with Crippen LogP contribution in [0.4, 0.5) is 11.4 Å². The molecule has 0 spiro atoms. The minimum Gasteiger partial charge on any atom is -0.493 e. The average molecular weight is 423 g/mol. The molecule has 0 radical (unpaired) electrons. The molecule has 0 saturated carbocycles. The van der Waals surface area contributed by atoms with Gasteiger partial charge in [0.15, 0.2) is 11.5 Å². The van der Waals surface area contributed by atoms with Crippen LogP contribution in [0, 0.1) is 0 Å². The molecule has 30 heavy (non-hydrogen) atoms. The van der Waals surface area contributed by atoms with Gasteiger partial charge in [0.25, 0.3) is 5.91 Å². The zero-order chi connectivity index (χ0) is 21.1. The number of nitrogens with zero attached hydrogens (tertiary/aromatic N) is 1. The van der Waals surface area contributed by atoms with Gasteiger partial charge in [-0.25, -0.2) is 0 Å². The highest BCUT2D eigenvalue weighted by molar-refractivity contribution is 6.33. The number of carbonyl (C=O) groups excluding carboxylic acids is 1. The molecule has 0 fully saturated rings. The highest BCUT2D eigenvalue weighted by Crippen LogP contribution is 2.38. The maximum absolute atomic E-state index is 13.3. The lowest BCUT2D eigenvalue weighted by atomic mass is 9.95. The second-order valence-electron chi connectivity index (χ2n) is 7.05. The second kappa shape index (κ2) is 8.67. The van der Waals surface area contributed by atoms with Gasteiger partial charge in [0, 0.05) is 17.8 Å². The van der Waals surface area contributed by atoms with Crippen LogP contribution in [0.25, 0.3) is 0 Å². The average Bonchev–Trinajstić information content (AvgIpc) is 2.79. The highest BCUT2D eigenvalue weighted by Gasteiger charge is 2.29. The van der Waals surface area contributed by atoms with Crippen molar-refractivity contribution >= 4 is 28.9 Å². The van der Waals surface area contributed by atoms with Crippen molar-refractivity contribution in [3.05, 3.63) is 82.9 Å². The molecule has 1 unspecified atom stereocenters. The van der Waals surface area contributed by atoms with Gasteiger partial charge < -0.3 is 19.7 Å². The third-order valence-electron chi connectivity index (χ3n) is 5.32. The second-order valence-corrected chi connectivity index (χ2v) is 7.46. The summed E-state index contributed by atoms with van der Waals surface area (Å²) in [6.07, 6.45) is 0.765. The molecule has 1 heterocycles. The lowest BCUT2D eigenvalue weighted by Crippen LogP contribution is -2.38. The Hall–Kier alpha value is -3.18. The van der Waals surface area contributed by atoms with Gasteiger partial charge in [-0.1, -0.05) is 41.9 Å². The number of para-hydroxylation sites is 2. The van der Waals surface area contributed by atoms with E-state index in [4.69, 9.17) is 21.1 Å². The van der Waals surface area contributed by atoms with Crippen LogP contribution in [0.3, 0.4) is 0 Å². The molecule has 3 aromatic rings. The van der Waals surface area contributed by atoms with E-state index in [1.807, 2.05) is 47.4 Å². The maximum Gasteiger partial charge on any atom is 0.258 e. The first-order valence-corrected chi connectivity index (χ1v) is 10.1. The first-order valence-electron chi connectivity index (χ1n) is 9.76. The van der Waals surface area contributed by atoms with E-state index in [1.165, 1.54) is 0 Å². The summed E-state index contributed by atoms with van der Waals surface area (Å²) in [6.45, 7) is 0.590. The lowest BCUT2D eigenvalue weighted by Gasteiger charge is -2.35. The zero-order valence-corrected chi connectivity index (χ0v) is 17.6. The minimum atomic E-state index is -0.0698. The molecule has 4 rings (SSSR count). The maximum atomic E-state index is 13.3. The SMILES string of the molecule is COc1ccc(C(=O)N2CCC(Nc3ccccc3Cl)c3ccccc32)cc1OC. The zero-order valence-electron chi connectivity index (χ0n) is 16.9. The summed E-state index contributed by atoms with van der Waals surface area (Å²) in [4.78, 5) is 15.2. The molecule has 154 valence electrons. The number of halogens is 1. The standard InChI is InChI=1S/C24H23ClN2O3/c1-29-22-12-11-16(15-23(22)30-2)24(28)27-14-13-19(17-7-3-6-10-21(17)27)26-20-9-5-4-8-18(20)25/h3-12,15,19,26H,13-14H2,1-2H3. The van der Waals surface area contributed by atoms with Crippen molar-refractivity contribution in [3.63, 3.8) is 0 Å². The van der Waals surface area contributed by atoms with Crippen molar-refractivity contribution in [1.82, 2.24) is 0 Å². The van der Waals surface area contributed by atoms with Crippen LogP contribution in [0.2, 0.25) is 5.02 Å². The van der Waals surface area contributed by atoms with Gasteiger partial charge in [-0.15, -0.1) is 0 Å². The first kappa shape index (κ1) is 20.1. The largest absolute Gasteiger partial charge is 0.493 e. The van der Waals surface area contributed by atoms with Crippen molar-refractivity contribution in [1.29, 1.82) is 0 Å². The summed E-state index contributed by atoms with van der Waals surface area (Å²) >= 11 is 6.33. The number of ether oxygens (including phenoxy) is 2. The van der Waals surface area contributed by atoms with E-state index in [9.17, 15) is 4.79 Å². The Morgan fingerprint density at radius 3 is 2.50 bits per heavy atom. The van der Waals surface area contributed by atoms with E-state index < -0.39 is 0 Å². The number of amides is 1. The predicted octanol–water partition coefficient (Wildman–Crippen LogP) is 5.56. The molecule has 6 heteroatoms. The molecule has 0 bridgehead atoms. The molecule has 3 aromatic carbocycles. The van der Waals surface area contributed by atoms with E-state index in [2.05, 4.69) is 11.4 Å². The Kier molecular flexibility index (Phi) is 5.81. The predicted molar refractivity (Wildman–Crippen MR) is 120 cm³/mol. The Labute approximate surface area is 181 Å². The molecule has 1 atom stereocenters. The first-order chi connectivity index (χ1) is 14.6. The summed E-state index contributed by atoms with van der Waals surface area (Å²) < 4.78 is 10.6. The normalized spacial score (nSPS) is 15.3. The topological polar surface area (TPSA) is 50.8 Å². The van der Waals surface area contributed by atoms with Crippen LogP contribution in [0.5, 0.6) is 11.5 Å².